The van der Waals surface area contributed by atoms with Gasteiger partial charge >= 0.3 is 0 Å². The highest BCUT2D eigenvalue weighted by Crippen LogP contribution is 2.37. The summed E-state index contributed by atoms with van der Waals surface area (Å²) in [4.78, 5) is 16.1. The van der Waals surface area contributed by atoms with Gasteiger partial charge in [0.25, 0.3) is 5.91 Å². The number of aromatic nitrogens is 1. The van der Waals surface area contributed by atoms with E-state index in [4.69, 9.17) is 21.1 Å². The standard InChI is InChI=1S/C21H17ClF2N2O5S/c1-11-4-7-16(23)19(18(11)24)31-21-15(22)8-13(10-25-21)14-6-5-12(9-17(14)30-2)20(27)26-32(3,28)29/h4-10H,1-3H3,(H,26,27). The number of amides is 1. The number of ether oxygens (including phenoxy) is 2. The molecular formula is C21H17ClF2N2O5S. The van der Waals surface area contributed by atoms with Gasteiger partial charge in [-0.3, -0.25) is 4.79 Å². The fourth-order valence-corrected chi connectivity index (χ4v) is 3.43. The van der Waals surface area contributed by atoms with Gasteiger partial charge in [-0.25, -0.2) is 26.9 Å². The monoisotopic (exact) mass is 482 g/mol. The number of hydrogen-bond donors (Lipinski definition) is 1. The van der Waals surface area contributed by atoms with Crippen molar-refractivity contribution >= 4 is 27.5 Å². The first-order chi connectivity index (χ1) is 15.0. The summed E-state index contributed by atoms with van der Waals surface area (Å²) in [5, 5.41) is -0.0243. The molecule has 7 nitrogen and oxygen atoms in total. The fourth-order valence-electron chi connectivity index (χ4n) is 2.77. The molecule has 1 N–H and O–H groups in total. The van der Waals surface area contributed by atoms with Gasteiger partial charge in [0.15, 0.2) is 11.6 Å². The van der Waals surface area contributed by atoms with Crippen LogP contribution in [0.25, 0.3) is 11.1 Å². The molecule has 3 rings (SSSR count). The molecule has 0 atom stereocenters. The Morgan fingerprint density at radius 1 is 1.16 bits per heavy atom. The lowest BCUT2D eigenvalue weighted by atomic mass is 10.0. The molecule has 11 heteroatoms. The van der Waals surface area contributed by atoms with Crippen LogP contribution in [-0.2, 0) is 10.0 Å². The largest absolute Gasteiger partial charge is 0.496 e. The van der Waals surface area contributed by atoms with E-state index < -0.39 is 33.3 Å². The van der Waals surface area contributed by atoms with Crippen LogP contribution in [-0.4, -0.2) is 32.7 Å². The van der Waals surface area contributed by atoms with Gasteiger partial charge in [0, 0.05) is 22.9 Å². The van der Waals surface area contributed by atoms with Crippen molar-refractivity contribution in [2.45, 2.75) is 6.92 Å². The minimum absolute atomic E-state index is 0.0243. The lowest BCUT2D eigenvalue weighted by molar-refractivity contribution is 0.0981. The summed E-state index contributed by atoms with van der Waals surface area (Å²) in [5.74, 6) is -3.17. The number of carbonyl (C=O) groups excluding carboxylic acids is 1. The molecule has 0 radical (unpaired) electrons. The van der Waals surface area contributed by atoms with E-state index in [1.807, 2.05) is 4.72 Å². The lowest BCUT2D eigenvalue weighted by Crippen LogP contribution is -2.29. The van der Waals surface area contributed by atoms with Gasteiger partial charge in [0.2, 0.25) is 21.7 Å². The van der Waals surface area contributed by atoms with Crippen molar-refractivity contribution in [2.75, 3.05) is 13.4 Å². The Hall–Kier alpha value is -3.24. The summed E-state index contributed by atoms with van der Waals surface area (Å²) in [6.45, 7) is 1.46. The van der Waals surface area contributed by atoms with E-state index >= 15 is 0 Å². The Morgan fingerprint density at radius 2 is 1.88 bits per heavy atom. The van der Waals surface area contributed by atoms with E-state index in [0.717, 1.165) is 12.3 Å². The van der Waals surface area contributed by atoms with Crippen LogP contribution in [0.1, 0.15) is 15.9 Å². The van der Waals surface area contributed by atoms with Gasteiger partial charge in [0.1, 0.15) is 10.8 Å². The Labute approximate surface area is 188 Å². The first kappa shape index (κ1) is 23.4. The first-order valence-electron chi connectivity index (χ1n) is 8.98. The van der Waals surface area contributed by atoms with Gasteiger partial charge < -0.3 is 9.47 Å². The van der Waals surface area contributed by atoms with Crippen LogP contribution >= 0.6 is 11.6 Å². The van der Waals surface area contributed by atoms with Gasteiger partial charge in [-0.05, 0) is 42.8 Å². The zero-order valence-electron chi connectivity index (χ0n) is 17.1. The van der Waals surface area contributed by atoms with Crippen molar-refractivity contribution in [1.82, 2.24) is 9.71 Å². The second-order valence-electron chi connectivity index (χ2n) is 6.74. The average Bonchev–Trinajstić information content (AvgIpc) is 2.73. The Kier molecular flexibility index (Phi) is 6.65. The molecule has 1 amide bonds. The van der Waals surface area contributed by atoms with Crippen LogP contribution in [0, 0.1) is 18.6 Å². The molecule has 168 valence electrons. The summed E-state index contributed by atoms with van der Waals surface area (Å²) >= 11 is 6.22. The molecular weight excluding hydrogens is 466 g/mol. The molecule has 1 heterocycles. The van der Waals surface area contributed by atoms with Gasteiger partial charge in [-0.15, -0.1) is 0 Å². The first-order valence-corrected chi connectivity index (χ1v) is 11.3. The number of pyridine rings is 1. The molecule has 3 aromatic rings. The van der Waals surface area contributed by atoms with Crippen LogP contribution in [0.15, 0.2) is 42.6 Å². The third kappa shape index (κ3) is 5.14. The minimum Gasteiger partial charge on any atom is -0.496 e. The number of benzene rings is 2. The summed E-state index contributed by atoms with van der Waals surface area (Å²) in [6.07, 6.45) is 2.21. The Balaban J connectivity index is 1.94. The topological polar surface area (TPSA) is 94.6 Å². The average molecular weight is 483 g/mol. The molecule has 0 saturated heterocycles. The molecule has 0 unspecified atom stereocenters. The number of rotatable bonds is 6. The van der Waals surface area contributed by atoms with E-state index in [0.29, 0.717) is 11.1 Å². The zero-order chi connectivity index (χ0) is 23.6. The molecule has 32 heavy (non-hydrogen) atoms. The molecule has 1 aromatic heterocycles. The van der Waals surface area contributed by atoms with Gasteiger partial charge in [0.05, 0.1) is 13.4 Å². The van der Waals surface area contributed by atoms with E-state index in [9.17, 15) is 22.0 Å². The second-order valence-corrected chi connectivity index (χ2v) is 8.89. The van der Waals surface area contributed by atoms with E-state index in [1.165, 1.54) is 50.6 Å². The highest BCUT2D eigenvalue weighted by molar-refractivity contribution is 7.89. The normalized spacial score (nSPS) is 11.2. The van der Waals surface area contributed by atoms with Crippen molar-refractivity contribution in [2.24, 2.45) is 0 Å². The van der Waals surface area contributed by atoms with Crippen LogP contribution in [0.3, 0.4) is 0 Å². The number of nitrogens with zero attached hydrogens (tertiary/aromatic N) is 1. The van der Waals surface area contributed by atoms with Crippen molar-refractivity contribution in [3.8, 4) is 28.5 Å². The third-order valence-electron chi connectivity index (χ3n) is 4.30. The molecule has 2 aromatic carbocycles. The molecule has 0 saturated carbocycles. The van der Waals surface area contributed by atoms with Crippen molar-refractivity contribution in [3.05, 3.63) is 70.4 Å². The predicted octanol–water partition coefficient (Wildman–Crippen LogP) is 4.48. The van der Waals surface area contributed by atoms with Gasteiger partial charge in [-0.2, -0.15) is 0 Å². The number of halogens is 3. The summed E-state index contributed by atoms with van der Waals surface area (Å²) in [6, 6.07) is 8.07. The maximum Gasteiger partial charge on any atom is 0.264 e. The number of sulfonamides is 1. The van der Waals surface area contributed by atoms with E-state index in [2.05, 4.69) is 4.98 Å². The maximum absolute atomic E-state index is 14.2. The quantitative estimate of drug-likeness (QED) is 0.556. The summed E-state index contributed by atoms with van der Waals surface area (Å²) in [5.41, 5.74) is 1.19. The lowest BCUT2D eigenvalue weighted by Gasteiger charge is -2.13. The zero-order valence-corrected chi connectivity index (χ0v) is 18.6. The number of carbonyl (C=O) groups is 1. The molecule has 0 aliphatic heterocycles. The maximum atomic E-state index is 14.2. The third-order valence-corrected chi connectivity index (χ3v) is 5.13. The Bertz CT molecular complexity index is 1320. The van der Waals surface area contributed by atoms with E-state index in [1.54, 1.807) is 0 Å². The molecule has 0 fully saturated rings. The second kappa shape index (κ2) is 9.09. The predicted molar refractivity (Wildman–Crippen MR) is 115 cm³/mol. The highest BCUT2D eigenvalue weighted by atomic mass is 35.5. The van der Waals surface area contributed by atoms with Gasteiger partial charge in [-0.1, -0.05) is 17.7 Å². The van der Waals surface area contributed by atoms with Crippen molar-refractivity contribution in [3.63, 3.8) is 0 Å². The fraction of sp³-hybridized carbons (Fsp3) is 0.143. The number of methoxy groups -OCH3 is 1. The van der Waals surface area contributed by atoms with Crippen LogP contribution in [0.4, 0.5) is 8.78 Å². The molecule has 0 spiro atoms. The number of aryl methyl sites for hydroxylation is 1. The van der Waals surface area contributed by atoms with Crippen molar-refractivity contribution < 1.29 is 31.5 Å². The number of hydrogen-bond acceptors (Lipinski definition) is 6. The highest BCUT2D eigenvalue weighted by Gasteiger charge is 2.19. The van der Waals surface area contributed by atoms with Crippen LogP contribution in [0.5, 0.6) is 17.4 Å². The van der Waals surface area contributed by atoms with Crippen LogP contribution < -0.4 is 14.2 Å². The minimum atomic E-state index is -3.73. The molecule has 0 aliphatic rings. The Morgan fingerprint density at radius 3 is 2.50 bits per heavy atom. The molecule has 0 aliphatic carbocycles. The number of nitrogens with one attached hydrogen (secondary N) is 1. The van der Waals surface area contributed by atoms with Crippen LogP contribution in [0.2, 0.25) is 5.02 Å². The SMILES string of the molecule is COc1cc(C(=O)NS(C)(=O)=O)ccc1-c1cnc(Oc2c(F)ccc(C)c2F)c(Cl)c1. The summed E-state index contributed by atoms with van der Waals surface area (Å²) in [7, 11) is -2.37. The van der Waals surface area contributed by atoms with E-state index in [-0.39, 0.29) is 27.8 Å². The summed E-state index contributed by atoms with van der Waals surface area (Å²) < 4.78 is 63.2. The smallest absolute Gasteiger partial charge is 0.264 e. The molecule has 0 bridgehead atoms. The van der Waals surface area contributed by atoms with Crippen molar-refractivity contribution in [1.29, 1.82) is 0 Å².